The number of hydrogen-bond acceptors (Lipinski definition) is 3. The molecule has 0 amide bonds. The number of nitrogens with zero attached hydrogens (tertiary/aromatic N) is 4. The van der Waals surface area contributed by atoms with E-state index in [1.807, 2.05) is 20.8 Å². The molecule has 1 aromatic heterocycles. The molecule has 2 rings (SSSR count). The van der Waals surface area contributed by atoms with Crippen LogP contribution in [-0.2, 0) is 25.2 Å². The summed E-state index contributed by atoms with van der Waals surface area (Å²) in [6.45, 7) is 7.14. The van der Waals surface area contributed by atoms with Crippen LogP contribution in [0, 0.1) is 0 Å². The maximum absolute atomic E-state index is 13.0. The Morgan fingerprint density at radius 1 is 1.18 bits per heavy atom. The third-order valence-electron chi connectivity index (χ3n) is 4.20. The number of aromatic nitrogens is 3. The maximum atomic E-state index is 13.0. The fraction of sp³-hybridized carbons (Fsp3) is 0.500. The fourth-order valence-corrected chi connectivity index (χ4v) is 2.48. The number of halogens is 4. The van der Waals surface area contributed by atoms with Crippen molar-refractivity contribution in [1.82, 2.24) is 25.4 Å². The molecule has 0 fully saturated rings. The van der Waals surface area contributed by atoms with E-state index in [1.165, 1.54) is 18.5 Å². The number of alkyl halides is 3. The molecule has 0 saturated carbocycles. The molecule has 6 nitrogen and oxygen atoms in total. The van der Waals surface area contributed by atoms with Crippen LogP contribution in [0.1, 0.15) is 37.7 Å². The van der Waals surface area contributed by atoms with Gasteiger partial charge in [-0.25, -0.2) is 9.98 Å². The van der Waals surface area contributed by atoms with Gasteiger partial charge in [-0.1, -0.05) is 32.0 Å². The Morgan fingerprint density at radius 2 is 1.86 bits per heavy atom. The molecule has 2 aromatic rings. The van der Waals surface area contributed by atoms with E-state index in [0.29, 0.717) is 37.0 Å². The Kier molecular flexibility index (Phi) is 8.71. The van der Waals surface area contributed by atoms with Gasteiger partial charge in [0.25, 0.3) is 0 Å². The van der Waals surface area contributed by atoms with Crippen LogP contribution in [0.2, 0.25) is 0 Å². The van der Waals surface area contributed by atoms with E-state index < -0.39 is 17.2 Å². The first kappa shape index (κ1) is 24.2. The van der Waals surface area contributed by atoms with Crippen LogP contribution in [0.3, 0.4) is 0 Å². The first-order chi connectivity index (χ1) is 12.6. The van der Waals surface area contributed by atoms with Gasteiger partial charge in [0.1, 0.15) is 18.7 Å². The molecule has 2 N–H and O–H groups in total. The molecule has 0 aliphatic heterocycles. The highest BCUT2D eigenvalue weighted by Crippen LogP contribution is 2.32. The van der Waals surface area contributed by atoms with Gasteiger partial charge in [-0.2, -0.15) is 18.3 Å². The largest absolute Gasteiger partial charge is 0.416 e. The van der Waals surface area contributed by atoms with Crippen molar-refractivity contribution in [2.45, 2.75) is 38.9 Å². The minimum Gasteiger partial charge on any atom is -0.357 e. The summed E-state index contributed by atoms with van der Waals surface area (Å²) >= 11 is 0. The lowest BCUT2D eigenvalue weighted by Gasteiger charge is -2.27. The molecule has 10 heteroatoms. The predicted octanol–water partition coefficient (Wildman–Crippen LogP) is 3.48. The predicted molar refractivity (Wildman–Crippen MR) is 114 cm³/mol. The van der Waals surface area contributed by atoms with E-state index >= 15 is 0 Å². The summed E-state index contributed by atoms with van der Waals surface area (Å²) < 4.78 is 40.6. The van der Waals surface area contributed by atoms with Crippen LogP contribution in [-0.4, -0.2) is 33.8 Å². The Bertz CT molecular complexity index is 786. The monoisotopic (exact) mass is 510 g/mol. The lowest BCUT2D eigenvalue weighted by Crippen LogP contribution is -2.43. The Balaban J connectivity index is 0.00000392. The molecule has 0 aliphatic rings. The van der Waals surface area contributed by atoms with Gasteiger partial charge in [-0.05, 0) is 18.6 Å². The van der Waals surface area contributed by atoms with Crippen LogP contribution in [0.25, 0.3) is 0 Å². The summed E-state index contributed by atoms with van der Waals surface area (Å²) in [5.74, 6) is 1.28. The third-order valence-corrected chi connectivity index (χ3v) is 4.20. The number of hydrogen-bond donors (Lipinski definition) is 2. The van der Waals surface area contributed by atoms with Gasteiger partial charge in [0, 0.05) is 25.6 Å². The first-order valence-electron chi connectivity index (χ1n) is 8.66. The second kappa shape index (κ2) is 10.1. The molecule has 0 radical (unpaired) electrons. The number of rotatable bonds is 6. The molecule has 0 bridgehead atoms. The van der Waals surface area contributed by atoms with Crippen molar-refractivity contribution in [3.05, 3.63) is 47.5 Å². The number of nitrogens with one attached hydrogen (secondary N) is 2. The SMILES string of the molecule is CCNC(=NCc1ncnn1C)NCC(C)(C)c1cccc(C(F)(F)F)c1.I. The highest BCUT2D eigenvalue weighted by Gasteiger charge is 2.32. The Hall–Kier alpha value is -1.85. The molecule has 1 aromatic carbocycles. The molecular weight excluding hydrogens is 484 g/mol. The van der Waals surface area contributed by atoms with E-state index in [2.05, 4.69) is 25.7 Å². The standard InChI is InChI=1S/C18H25F3N6.HI/c1-5-22-16(23-10-15-25-12-26-27(15)4)24-11-17(2,3)13-7-6-8-14(9-13)18(19,20)21;/h6-9,12H,5,10-11H2,1-4H3,(H2,22,23,24);1H. The average Bonchev–Trinajstić information content (AvgIpc) is 3.02. The van der Waals surface area contributed by atoms with E-state index in [1.54, 1.807) is 17.8 Å². The highest BCUT2D eigenvalue weighted by molar-refractivity contribution is 14.0. The molecule has 156 valence electrons. The summed E-state index contributed by atoms with van der Waals surface area (Å²) in [5.41, 5.74) is -0.563. The highest BCUT2D eigenvalue weighted by atomic mass is 127. The summed E-state index contributed by atoms with van der Waals surface area (Å²) in [7, 11) is 1.79. The lowest BCUT2D eigenvalue weighted by molar-refractivity contribution is -0.137. The Labute approximate surface area is 180 Å². The molecule has 0 spiro atoms. The van der Waals surface area contributed by atoms with Gasteiger partial charge in [-0.15, -0.1) is 24.0 Å². The normalized spacial score (nSPS) is 12.5. The fourth-order valence-electron chi connectivity index (χ4n) is 2.48. The molecular formula is C18H26F3IN6. The summed E-state index contributed by atoms with van der Waals surface area (Å²) in [4.78, 5) is 8.58. The minimum absolute atomic E-state index is 0. The van der Waals surface area contributed by atoms with Gasteiger partial charge in [-0.3, -0.25) is 4.68 Å². The number of aryl methyl sites for hydroxylation is 1. The van der Waals surface area contributed by atoms with Gasteiger partial charge < -0.3 is 10.6 Å². The molecule has 1 heterocycles. The van der Waals surface area contributed by atoms with Crippen molar-refractivity contribution < 1.29 is 13.2 Å². The Morgan fingerprint density at radius 3 is 2.43 bits per heavy atom. The summed E-state index contributed by atoms with van der Waals surface area (Å²) in [5, 5.41) is 10.3. The van der Waals surface area contributed by atoms with Crippen molar-refractivity contribution in [1.29, 1.82) is 0 Å². The zero-order valence-corrected chi connectivity index (χ0v) is 18.7. The number of benzene rings is 1. The van der Waals surface area contributed by atoms with E-state index in [0.717, 1.165) is 6.07 Å². The topological polar surface area (TPSA) is 67.1 Å². The zero-order chi connectivity index (χ0) is 20.1. The van der Waals surface area contributed by atoms with Gasteiger partial charge in [0.2, 0.25) is 0 Å². The first-order valence-corrected chi connectivity index (χ1v) is 8.66. The van der Waals surface area contributed by atoms with E-state index in [-0.39, 0.29) is 24.0 Å². The molecule has 28 heavy (non-hydrogen) atoms. The van der Waals surface area contributed by atoms with Gasteiger partial charge in [0.15, 0.2) is 5.96 Å². The lowest BCUT2D eigenvalue weighted by atomic mass is 9.84. The quantitative estimate of drug-likeness (QED) is 0.355. The average molecular weight is 510 g/mol. The van der Waals surface area contributed by atoms with Crippen molar-refractivity contribution in [3.63, 3.8) is 0 Å². The summed E-state index contributed by atoms with van der Waals surface area (Å²) in [6, 6.07) is 5.43. The third kappa shape index (κ3) is 6.64. The second-order valence-electron chi connectivity index (χ2n) is 6.81. The molecule has 0 atom stereocenters. The molecule has 0 unspecified atom stereocenters. The van der Waals surface area contributed by atoms with Crippen molar-refractivity contribution in [3.8, 4) is 0 Å². The molecule has 0 aliphatic carbocycles. The number of aliphatic imine (C=N–C) groups is 1. The van der Waals surface area contributed by atoms with Gasteiger partial charge in [0.05, 0.1) is 5.56 Å². The molecule has 0 saturated heterocycles. The van der Waals surface area contributed by atoms with Gasteiger partial charge >= 0.3 is 6.18 Å². The summed E-state index contributed by atoms with van der Waals surface area (Å²) in [6.07, 6.45) is -2.89. The van der Waals surface area contributed by atoms with Crippen molar-refractivity contribution in [2.24, 2.45) is 12.0 Å². The van der Waals surface area contributed by atoms with Crippen LogP contribution in [0.4, 0.5) is 13.2 Å². The van der Waals surface area contributed by atoms with Crippen molar-refractivity contribution in [2.75, 3.05) is 13.1 Å². The maximum Gasteiger partial charge on any atom is 0.416 e. The minimum atomic E-state index is -4.36. The van der Waals surface area contributed by atoms with Crippen LogP contribution in [0.15, 0.2) is 35.6 Å². The van der Waals surface area contributed by atoms with Crippen molar-refractivity contribution >= 4 is 29.9 Å². The number of guanidine groups is 1. The van der Waals surface area contributed by atoms with E-state index in [4.69, 9.17) is 0 Å². The second-order valence-corrected chi connectivity index (χ2v) is 6.81. The van der Waals surface area contributed by atoms with Crippen LogP contribution in [0.5, 0.6) is 0 Å². The zero-order valence-electron chi connectivity index (χ0n) is 16.3. The van der Waals surface area contributed by atoms with Crippen LogP contribution >= 0.6 is 24.0 Å². The van der Waals surface area contributed by atoms with E-state index in [9.17, 15) is 13.2 Å². The van der Waals surface area contributed by atoms with Crippen LogP contribution < -0.4 is 10.6 Å². The smallest absolute Gasteiger partial charge is 0.357 e.